The third-order valence-corrected chi connectivity index (χ3v) is 1.91. The average molecular weight is 138 g/mol. The largest absolute Gasteiger partial charge is 0.448 e. The van der Waals surface area contributed by atoms with Crippen molar-refractivity contribution in [3.8, 4) is 0 Å². The van der Waals surface area contributed by atoms with Crippen molar-refractivity contribution in [2.24, 2.45) is 0 Å². The zero-order valence-corrected chi connectivity index (χ0v) is 5.71. The van der Waals surface area contributed by atoms with Gasteiger partial charge in [-0.3, -0.25) is 0 Å². The molecule has 3 heteroatoms. The Bertz CT molecular complexity index is 189. The van der Waals surface area contributed by atoms with Crippen LogP contribution in [-0.4, -0.2) is 18.1 Å². The second-order valence-electron chi connectivity index (χ2n) is 2.59. The Hall–Kier alpha value is -0.830. The van der Waals surface area contributed by atoms with E-state index < -0.39 is 0 Å². The monoisotopic (exact) mass is 138 g/mol. The molecule has 1 aromatic rings. The third kappa shape index (κ3) is 0.926. The third-order valence-electron chi connectivity index (χ3n) is 1.91. The summed E-state index contributed by atoms with van der Waals surface area (Å²) in [6.45, 7) is 2.14. The van der Waals surface area contributed by atoms with Crippen LogP contribution in [0.25, 0.3) is 0 Å². The van der Waals surface area contributed by atoms with E-state index in [9.17, 15) is 0 Å². The predicted molar refractivity (Wildman–Crippen MR) is 36.7 cm³/mol. The molecule has 3 nitrogen and oxygen atoms in total. The Labute approximate surface area is 59.4 Å². The molecule has 0 bridgehead atoms. The summed E-state index contributed by atoms with van der Waals surface area (Å²) >= 11 is 0. The minimum absolute atomic E-state index is 0.558. The smallest absolute Gasteiger partial charge is 0.180 e. The lowest BCUT2D eigenvalue weighted by molar-refractivity contribution is 0.470. The molecule has 1 aliphatic heterocycles. The molecule has 1 aliphatic rings. The zero-order valence-electron chi connectivity index (χ0n) is 5.71. The van der Waals surface area contributed by atoms with Crippen LogP contribution in [0.2, 0.25) is 0 Å². The maximum Gasteiger partial charge on any atom is 0.180 e. The summed E-state index contributed by atoms with van der Waals surface area (Å²) in [4.78, 5) is 3.87. The van der Waals surface area contributed by atoms with E-state index in [-0.39, 0.29) is 0 Å². The fourth-order valence-electron chi connectivity index (χ4n) is 1.32. The van der Waals surface area contributed by atoms with Gasteiger partial charge in [0.25, 0.3) is 0 Å². The molecule has 0 unspecified atom stereocenters. The first-order valence-electron chi connectivity index (χ1n) is 3.56. The minimum Gasteiger partial charge on any atom is -0.448 e. The molecule has 0 aliphatic carbocycles. The SMILES string of the molecule is c1ncc([C@@H]2CCNC2)o1. The average Bonchev–Trinajstić information content (AvgIpc) is 2.59. The van der Waals surface area contributed by atoms with Crippen molar-refractivity contribution in [3.63, 3.8) is 0 Å². The van der Waals surface area contributed by atoms with Crippen LogP contribution in [0, 0.1) is 0 Å². The first kappa shape index (κ1) is 5.92. The fourth-order valence-corrected chi connectivity index (χ4v) is 1.32. The Morgan fingerprint density at radius 2 is 2.70 bits per heavy atom. The van der Waals surface area contributed by atoms with Crippen molar-refractivity contribution in [1.82, 2.24) is 10.3 Å². The summed E-state index contributed by atoms with van der Waals surface area (Å²) < 4.78 is 5.17. The molecule has 1 N–H and O–H groups in total. The van der Waals surface area contributed by atoms with Crippen molar-refractivity contribution in [2.45, 2.75) is 12.3 Å². The van der Waals surface area contributed by atoms with Crippen molar-refractivity contribution >= 4 is 0 Å². The first-order valence-corrected chi connectivity index (χ1v) is 3.56. The van der Waals surface area contributed by atoms with Gasteiger partial charge >= 0.3 is 0 Å². The zero-order chi connectivity index (χ0) is 6.81. The second-order valence-corrected chi connectivity index (χ2v) is 2.59. The Kier molecular flexibility index (Phi) is 1.43. The quantitative estimate of drug-likeness (QED) is 0.622. The van der Waals surface area contributed by atoms with E-state index in [1.807, 2.05) is 0 Å². The number of nitrogens with one attached hydrogen (secondary N) is 1. The molecule has 2 rings (SSSR count). The highest BCUT2D eigenvalue weighted by Gasteiger charge is 2.18. The van der Waals surface area contributed by atoms with Gasteiger partial charge in [0.2, 0.25) is 0 Å². The lowest BCUT2D eigenvalue weighted by Crippen LogP contribution is -2.07. The molecule has 10 heavy (non-hydrogen) atoms. The fraction of sp³-hybridized carbons (Fsp3) is 0.571. The Balaban J connectivity index is 2.12. The highest BCUT2D eigenvalue weighted by Crippen LogP contribution is 2.20. The van der Waals surface area contributed by atoms with Crippen LogP contribution in [0.4, 0.5) is 0 Å². The summed E-state index contributed by atoms with van der Waals surface area (Å²) in [5, 5.41) is 3.27. The molecule has 0 spiro atoms. The van der Waals surface area contributed by atoms with Crippen LogP contribution in [0.3, 0.4) is 0 Å². The Morgan fingerprint density at radius 1 is 1.70 bits per heavy atom. The number of nitrogens with zero attached hydrogens (tertiary/aromatic N) is 1. The molecule has 0 saturated carbocycles. The van der Waals surface area contributed by atoms with Gasteiger partial charge in [0.05, 0.1) is 6.20 Å². The normalized spacial score (nSPS) is 25.4. The van der Waals surface area contributed by atoms with E-state index in [1.54, 1.807) is 6.20 Å². The molecule has 0 amide bonds. The molecule has 1 saturated heterocycles. The molecular weight excluding hydrogens is 128 g/mol. The number of oxazole rings is 1. The number of hydrogen-bond donors (Lipinski definition) is 1. The molecule has 1 atom stereocenters. The molecule has 0 radical (unpaired) electrons. The Morgan fingerprint density at radius 3 is 3.30 bits per heavy atom. The van der Waals surface area contributed by atoms with Gasteiger partial charge in [-0.25, -0.2) is 4.98 Å². The van der Waals surface area contributed by atoms with Gasteiger partial charge in [-0.15, -0.1) is 0 Å². The maximum absolute atomic E-state index is 5.17. The van der Waals surface area contributed by atoms with E-state index >= 15 is 0 Å². The number of rotatable bonds is 1. The molecule has 2 heterocycles. The highest BCUT2D eigenvalue weighted by atomic mass is 16.3. The highest BCUT2D eigenvalue weighted by molar-refractivity contribution is 5.02. The van der Waals surface area contributed by atoms with Crippen molar-refractivity contribution in [1.29, 1.82) is 0 Å². The van der Waals surface area contributed by atoms with Crippen molar-refractivity contribution < 1.29 is 4.42 Å². The van der Waals surface area contributed by atoms with Gasteiger partial charge in [-0.2, -0.15) is 0 Å². The van der Waals surface area contributed by atoms with E-state index in [0.717, 1.165) is 18.8 Å². The second kappa shape index (κ2) is 2.42. The summed E-state index contributed by atoms with van der Waals surface area (Å²) in [7, 11) is 0. The van der Waals surface area contributed by atoms with E-state index in [1.165, 1.54) is 12.8 Å². The summed E-state index contributed by atoms with van der Waals surface area (Å²) in [5.41, 5.74) is 0. The van der Waals surface area contributed by atoms with Gasteiger partial charge in [-0.05, 0) is 13.0 Å². The first-order chi connectivity index (χ1) is 4.97. The molecular formula is C7H10N2O. The molecule has 0 aromatic carbocycles. The molecule has 54 valence electrons. The number of aromatic nitrogens is 1. The lowest BCUT2D eigenvalue weighted by atomic mass is 10.1. The van der Waals surface area contributed by atoms with Crippen molar-refractivity contribution in [2.75, 3.05) is 13.1 Å². The van der Waals surface area contributed by atoms with E-state index in [2.05, 4.69) is 10.3 Å². The molecule has 1 fully saturated rings. The van der Waals surface area contributed by atoms with E-state index in [0.29, 0.717) is 5.92 Å². The van der Waals surface area contributed by atoms with Gasteiger partial charge in [0.1, 0.15) is 5.76 Å². The lowest BCUT2D eigenvalue weighted by Gasteiger charge is -2.00. The van der Waals surface area contributed by atoms with Gasteiger partial charge in [0, 0.05) is 12.5 Å². The topological polar surface area (TPSA) is 38.1 Å². The van der Waals surface area contributed by atoms with Gasteiger partial charge in [0.15, 0.2) is 6.39 Å². The van der Waals surface area contributed by atoms with Crippen LogP contribution in [-0.2, 0) is 0 Å². The maximum atomic E-state index is 5.17. The molecule has 1 aromatic heterocycles. The summed E-state index contributed by atoms with van der Waals surface area (Å²) in [6, 6.07) is 0. The van der Waals surface area contributed by atoms with E-state index in [4.69, 9.17) is 4.42 Å². The standard InChI is InChI=1S/C7H10N2O/c1-2-8-3-6(1)7-4-9-5-10-7/h4-6,8H,1-3H2/t6-/m1/s1. The van der Waals surface area contributed by atoms with Gasteiger partial charge in [-0.1, -0.05) is 0 Å². The van der Waals surface area contributed by atoms with Crippen molar-refractivity contribution in [3.05, 3.63) is 18.4 Å². The summed E-state index contributed by atoms with van der Waals surface area (Å²) in [6.07, 6.45) is 4.47. The van der Waals surface area contributed by atoms with Gasteiger partial charge < -0.3 is 9.73 Å². The van der Waals surface area contributed by atoms with Crippen LogP contribution in [0.1, 0.15) is 18.1 Å². The summed E-state index contributed by atoms with van der Waals surface area (Å²) in [5.74, 6) is 1.58. The predicted octanol–water partition coefficient (Wildman–Crippen LogP) is 0.752. The van der Waals surface area contributed by atoms with Crippen LogP contribution in [0.15, 0.2) is 17.0 Å². The van der Waals surface area contributed by atoms with Crippen LogP contribution < -0.4 is 5.32 Å². The van der Waals surface area contributed by atoms with Crippen LogP contribution >= 0.6 is 0 Å². The number of hydrogen-bond acceptors (Lipinski definition) is 3. The van der Waals surface area contributed by atoms with Crippen LogP contribution in [0.5, 0.6) is 0 Å². The minimum atomic E-state index is 0.558.